The second-order valence-electron chi connectivity index (χ2n) is 11.0. The van der Waals surface area contributed by atoms with Gasteiger partial charge in [-0.1, -0.05) is 56.5 Å². The van der Waals surface area contributed by atoms with Crippen molar-refractivity contribution in [1.82, 2.24) is 4.90 Å². The van der Waals surface area contributed by atoms with Crippen LogP contribution in [-0.2, 0) is 33.7 Å². The quantitative estimate of drug-likeness (QED) is 0.228. The lowest BCUT2D eigenvalue weighted by Crippen LogP contribution is -2.35. The Morgan fingerprint density at radius 3 is 2.53 bits per heavy atom. The molecule has 2 heterocycles. The van der Waals surface area contributed by atoms with Crippen LogP contribution in [0.5, 0.6) is 5.75 Å². The Hall–Kier alpha value is -2.57. The van der Waals surface area contributed by atoms with Crippen LogP contribution in [-0.4, -0.2) is 43.1 Å². The van der Waals surface area contributed by atoms with E-state index in [1.165, 1.54) is 30.4 Å². The lowest BCUT2D eigenvalue weighted by atomic mass is 10.0. The number of nitrogens with zero attached hydrogens (tertiary/aromatic N) is 1. The van der Waals surface area contributed by atoms with E-state index < -0.39 is 5.79 Å². The van der Waals surface area contributed by atoms with E-state index >= 15 is 0 Å². The second-order valence-corrected chi connectivity index (χ2v) is 11.0. The summed E-state index contributed by atoms with van der Waals surface area (Å²) in [6.45, 7) is 9.54. The van der Waals surface area contributed by atoms with E-state index in [0.29, 0.717) is 13.2 Å². The molecule has 0 aliphatic carbocycles. The van der Waals surface area contributed by atoms with Gasteiger partial charge >= 0.3 is 6.09 Å². The molecule has 1 atom stereocenters. The molecule has 1 saturated heterocycles. The van der Waals surface area contributed by atoms with Gasteiger partial charge in [-0.15, -0.1) is 0 Å². The van der Waals surface area contributed by atoms with Crippen molar-refractivity contribution in [3.63, 3.8) is 0 Å². The SMILES string of the molecule is CCCc1cccc(CCCCOCCCCCCN2CC(c3ccc4c(c3)COC(C)(C)O4)OC2=O)c1. The monoisotopic (exact) mass is 523 g/mol. The highest BCUT2D eigenvalue weighted by Gasteiger charge is 2.33. The lowest BCUT2D eigenvalue weighted by molar-refractivity contribution is -0.180. The summed E-state index contributed by atoms with van der Waals surface area (Å²) in [5, 5.41) is 0. The van der Waals surface area contributed by atoms with Crippen LogP contribution in [0.25, 0.3) is 0 Å². The van der Waals surface area contributed by atoms with Gasteiger partial charge < -0.3 is 23.8 Å². The molecular formula is C32H45NO5. The van der Waals surface area contributed by atoms with Gasteiger partial charge in [0, 0.05) is 39.2 Å². The Labute approximate surface area is 228 Å². The van der Waals surface area contributed by atoms with Crippen LogP contribution in [0.15, 0.2) is 42.5 Å². The van der Waals surface area contributed by atoms with Crippen LogP contribution in [0, 0.1) is 0 Å². The highest BCUT2D eigenvalue weighted by molar-refractivity contribution is 5.70. The van der Waals surface area contributed by atoms with Gasteiger partial charge in [0.05, 0.1) is 13.2 Å². The predicted molar refractivity (Wildman–Crippen MR) is 149 cm³/mol. The number of fused-ring (bicyclic) bond motifs is 1. The molecule has 0 spiro atoms. The largest absolute Gasteiger partial charge is 0.463 e. The fourth-order valence-corrected chi connectivity index (χ4v) is 5.15. The van der Waals surface area contributed by atoms with Crippen molar-refractivity contribution < 1.29 is 23.7 Å². The molecule has 38 heavy (non-hydrogen) atoms. The van der Waals surface area contributed by atoms with E-state index in [1.807, 2.05) is 36.9 Å². The number of rotatable bonds is 15. The highest BCUT2D eigenvalue weighted by Crippen LogP contribution is 2.35. The maximum Gasteiger partial charge on any atom is 0.410 e. The second kappa shape index (κ2) is 14.0. The van der Waals surface area contributed by atoms with Crippen molar-refractivity contribution in [2.45, 2.75) is 97.1 Å². The molecule has 0 N–H and O–H groups in total. The molecule has 2 aliphatic rings. The smallest absolute Gasteiger partial charge is 0.410 e. The van der Waals surface area contributed by atoms with Crippen LogP contribution >= 0.6 is 0 Å². The minimum atomic E-state index is -0.613. The van der Waals surface area contributed by atoms with Gasteiger partial charge in [0.2, 0.25) is 5.79 Å². The first kappa shape index (κ1) is 28.4. The van der Waals surface area contributed by atoms with Crippen molar-refractivity contribution in [1.29, 1.82) is 0 Å². The van der Waals surface area contributed by atoms with Gasteiger partial charge in [-0.05, 0) is 67.3 Å². The van der Waals surface area contributed by atoms with Crippen LogP contribution in [0.4, 0.5) is 4.79 Å². The number of carbonyl (C=O) groups is 1. The summed E-state index contributed by atoms with van der Waals surface area (Å²) >= 11 is 0. The molecule has 208 valence electrons. The average Bonchev–Trinajstić information content (AvgIpc) is 3.27. The molecule has 1 amide bonds. The number of aryl methyl sites for hydroxylation is 2. The molecule has 2 aliphatic heterocycles. The first-order valence-corrected chi connectivity index (χ1v) is 14.5. The zero-order chi connectivity index (χ0) is 26.8. The zero-order valence-corrected chi connectivity index (χ0v) is 23.5. The number of hydrogen-bond donors (Lipinski definition) is 0. The molecular weight excluding hydrogens is 478 g/mol. The fraction of sp³-hybridized carbons (Fsp3) is 0.594. The number of cyclic esters (lactones) is 1. The first-order valence-electron chi connectivity index (χ1n) is 14.5. The van der Waals surface area contributed by atoms with E-state index in [-0.39, 0.29) is 12.2 Å². The third-order valence-electron chi connectivity index (χ3n) is 7.28. The molecule has 0 aromatic heterocycles. The molecule has 0 radical (unpaired) electrons. The van der Waals surface area contributed by atoms with Gasteiger partial charge in [0.1, 0.15) is 11.9 Å². The number of carbonyl (C=O) groups excluding carboxylic acids is 1. The lowest BCUT2D eigenvalue weighted by Gasteiger charge is -2.32. The van der Waals surface area contributed by atoms with Crippen molar-refractivity contribution in [3.05, 3.63) is 64.7 Å². The first-order chi connectivity index (χ1) is 18.4. The summed E-state index contributed by atoms with van der Waals surface area (Å²) in [4.78, 5) is 14.2. The number of benzene rings is 2. The molecule has 1 fully saturated rings. The average molecular weight is 524 g/mol. The number of ether oxygens (including phenoxy) is 4. The van der Waals surface area contributed by atoms with Gasteiger partial charge in [0.25, 0.3) is 0 Å². The van der Waals surface area contributed by atoms with E-state index in [2.05, 4.69) is 31.2 Å². The third kappa shape index (κ3) is 8.47. The Morgan fingerprint density at radius 2 is 1.71 bits per heavy atom. The molecule has 2 aromatic rings. The van der Waals surface area contributed by atoms with Crippen LogP contribution in [0.1, 0.15) is 94.1 Å². The Morgan fingerprint density at radius 1 is 0.947 bits per heavy atom. The van der Waals surface area contributed by atoms with Gasteiger partial charge in [-0.25, -0.2) is 4.79 Å². The minimum Gasteiger partial charge on any atom is -0.463 e. The van der Waals surface area contributed by atoms with Crippen molar-refractivity contribution in [2.75, 3.05) is 26.3 Å². The van der Waals surface area contributed by atoms with Crippen molar-refractivity contribution >= 4 is 6.09 Å². The summed E-state index contributed by atoms with van der Waals surface area (Å²) in [7, 11) is 0. The number of unbranched alkanes of at least 4 members (excludes halogenated alkanes) is 4. The maximum atomic E-state index is 12.4. The zero-order valence-electron chi connectivity index (χ0n) is 23.5. The van der Waals surface area contributed by atoms with E-state index in [4.69, 9.17) is 18.9 Å². The van der Waals surface area contributed by atoms with Gasteiger partial charge in [0.15, 0.2) is 0 Å². The summed E-state index contributed by atoms with van der Waals surface area (Å²) < 4.78 is 23.1. The van der Waals surface area contributed by atoms with Crippen LogP contribution in [0.3, 0.4) is 0 Å². The number of amides is 1. The molecule has 0 saturated carbocycles. The normalized spacial score (nSPS) is 18.2. The summed E-state index contributed by atoms with van der Waals surface area (Å²) in [6.07, 6.45) is 9.60. The summed E-state index contributed by atoms with van der Waals surface area (Å²) in [5.41, 5.74) is 4.89. The molecule has 4 rings (SSSR count). The van der Waals surface area contributed by atoms with Gasteiger partial charge in [-0.2, -0.15) is 0 Å². The summed E-state index contributed by atoms with van der Waals surface area (Å²) in [5.74, 6) is 0.224. The predicted octanol–water partition coefficient (Wildman–Crippen LogP) is 7.38. The van der Waals surface area contributed by atoms with Crippen LogP contribution < -0.4 is 4.74 Å². The van der Waals surface area contributed by atoms with Crippen molar-refractivity contribution in [3.8, 4) is 5.75 Å². The topological polar surface area (TPSA) is 57.2 Å². The van der Waals surface area contributed by atoms with Gasteiger partial charge in [-0.3, -0.25) is 0 Å². The van der Waals surface area contributed by atoms with E-state index in [9.17, 15) is 4.79 Å². The third-order valence-corrected chi connectivity index (χ3v) is 7.28. The Bertz CT molecular complexity index is 1040. The molecule has 1 unspecified atom stereocenters. The minimum absolute atomic E-state index is 0.221. The Kier molecular flexibility index (Phi) is 10.5. The van der Waals surface area contributed by atoms with Crippen molar-refractivity contribution in [2.24, 2.45) is 0 Å². The highest BCUT2D eigenvalue weighted by atomic mass is 16.7. The molecule has 6 nitrogen and oxygen atoms in total. The fourth-order valence-electron chi connectivity index (χ4n) is 5.15. The summed E-state index contributed by atoms with van der Waals surface area (Å²) in [6, 6.07) is 15.0. The standard InChI is InChI=1S/C32H45NO5/c1-4-12-25-14-11-15-26(21-25)13-7-10-20-35-19-9-6-5-8-18-33-23-30(37-31(33)34)27-16-17-29-28(22-27)24-36-32(2,3)38-29/h11,14-17,21-22,30H,4-10,12-13,18-20,23-24H2,1-3H3. The molecule has 2 aromatic carbocycles. The van der Waals surface area contributed by atoms with E-state index in [0.717, 1.165) is 75.2 Å². The number of hydrogen-bond acceptors (Lipinski definition) is 5. The van der Waals surface area contributed by atoms with E-state index in [1.54, 1.807) is 0 Å². The van der Waals surface area contributed by atoms with Crippen LogP contribution in [0.2, 0.25) is 0 Å². The maximum absolute atomic E-state index is 12.4. The Balaban J connectivity index is 1.03. The molecule has 6 heteroatoms. The molecule has 0 bridgehead atoms.